The van der Waals surface area contributed by atoms with Crippen molar-refractivity contribution in [3.63, 3.8) is 0 Å². The lowest BCUT2D eigenvalue weighted by atomic mass is 9.92. The predicted octanol–water partition coefficient (Wildman–Crippen LogP) is 5.17. The molecule has 132 valence electrons. The van der Waals surface area contributed by atoms with E-state index in [0.717, 1.165) is 28.0 Å². The number of benzene rings is 2. The molecule has 3 aromatic rings. The Morgan fingerprint density at radius 3 is 2.20 bits per heavy atom. The molecule has 0 fully saturated rings. The molecule has 4 heteroatoms. The minimum absolute atomic E-state index is 0.0927. The van der Waals surface area contributed by atoms with E-state index in [1.165, 1.54) is 11.1 Å². The molecule has 0 aliphatic rings. The highest BCUT2D eigenvalue weighted by molar-refractivity contribution is 5.92. The summed E-state index contributed by atoms with van der Waals surface area (Å²) >= 11 is 0. The number of anilines is 2. The van der Waals surface area contributed by atoms with Crippen molar-refractivity contribution in [2.24, 2.45) is 7.05 Å². The zero-order chi connectivity index (χ0) is 18.3. The van der Waals surface area contributed by atoms with Gasteiger partial charge in [0.1, 0.15) is 0 Å². The van der Waals surface area contributed by atoms with Gasteiger partial charge in [-0.2, -0.15) is 0 Å². The largest absolute Gasteiger partial charge is 0.353 e. The smallest absolute Gasteiger partial charge is 0.326 e. The maximum absolute atomic E-state index is 12.1. The van der Waals surface area contributed by atoms with Crippen LogP contribution in [0.5, 0.6) is 0 Å². The predicted molar refractivity (Wildman–Crippen MR) is 106 cm³/mol. The first-order valence-electron chi connectivity index (χ1n) is 8.88. The van der Waals surface area contributed by atoms with Gasteiger partial charge < -0.3 is 10.3 Å². The molecule has 25 heavy (non-hydrogen) atoms. The fourth-order valence-electron chi connectivity index (χ4n) is 3.39. The van der Waals surface area contributed by atoms with Crippen molar-refractivity contribution in [1.29, 1.82) is 0 Å². The van der Waals surface area contributed by atoms with Crippen LogP contribution < -0.4 is 11.0 Å². The van der Waals surface area contributed by atoms with Gasteiger partial charge in [-0.25, -0.2) is 4.79 Å². The van der Waals surface area contributed by atoms with Gasteiger partial charge in [-0.3, -0.25) is 4.57 Å². The van der Waals surface area contributed by atoms with E-state index < -0.39 is 0 Å². The molecule has 3 rings (SSSR count). The summed E-state index contributed by atoms with van der Waals surface area (Å²) in [6.07, 6.45) is 0. The summed E-state index contributed by atoms with van der Waals surface area (Å²) in [5.74, 6) is 0.827. The first kappa shape index (κ1) is 17.3. The molecular formula is C21H27N3O. The van der Waals surface area contributed by atoms with Gasteiger partial charge in [0.25, 0.3) is 0 Å². The zero-order valence-electron chi connectivity index (χ0n) is 15.9. The van der Waals surface area contributed by atoms with E-state index in [1.807, 2.05) is 6.07 Å². The lowest BCUT2D eigenvalue weighted by Gasteiger charge is -2.21. The first-order chi connectivity index (χ1) is 11.8. The molecule has 1 heterocycles. The number of fused-ring (bicyclic) bond motifs is 1. The lowest BCUT2D eigenvalue weighted by molar-refractivity contribution is 0.838. The average Bonchev–Trinajstić information content (AvgIpc) is 2.83. The summed E-state index contributed by atoms with van der Waals surface area (Å²) in [4.78, 5) is 15.1. The highest BCUT2D eigenvalue weighted by Crippen LogP contribution is 2.36. The topological polar surface area (TPSA) is 49.8 Å². The van der Waals surface area contributed by atoms with Crippen molar-refractivity contribution >= 4 is 22.4 Å². The minimum Gasteiger partial charge on any atom is -0.353 e. The van der Waals surface area contributed by atoms with Crippen LogP contribution in [0.15, 0.2) is 35.1 Å². The second-order valence-corrected chi connectivity index (χ2v) is 7.44. The van der Waals surface area contributed by atoms with Crippen LogP contribution in [0.1, 0.15) is 56.2 Å². The van der Waals surface area contributed by atoms with Gasteiger partial charge in [0.15, 0.2) is 0 Å². The van der Waals surface area contributed by atoms with E-state index in [2.05, 4.69) is 69.2 Å². The van der Waals surface area contributed by atoms with E-state index in [0.29, 0.717) is 11.8 Å². The van der Waals surface area contributed by atoms with E-state index in [9.17, 15) is 4.79 Å². The molecule has 0 atom stereocenters. The Morgan fingerprint density at radius 2 is 1.64 bits per heavy atom. The second-order valence-electron chi connectivity index (χ2n) is 7.44. The molecule has 0 aliphatic carbocycles. The van der Waals surface area contributed by atoms with Gasteiger partial charge >= 0.3 is 5.69 Å². The molecule has 0 unspecified atom stereocenters. The fraction of sp³-hybridized carbons (Fsp3) is 0.381. The molecular weight excluding hydrogens is 310 g/mol. The molecule has 1 aromatic heterocycles. The van der Waals surface area contributed by atoms with Gasteiger partial charge in [-0.05, 0) is 47.6 Å². The van der Waals surface area contributed by atoms with Gasteiger partial charge in [0.2, 0.25) is 0 Å². The Hall–Kier alpha value is -2.49. The minimum atomic E-state index is -0.0927. The normalized spacial score (nSPS) is 11.7. The number of imidazole rings is 1. The Kier molecular flexibility index (Phi) is 4.46. The zero-order valence-corrected chi connectivity index (χ0v) is 15.9. The summed E-state index contributed by atoms with van der Waals surface area (Å²) < 4.78 is 1.66. The number of nitrogens with one attached hydrogen (secondary N) is 2. The van der Waals surface area contributed by atoms with Crippen LogP contribution in [0, 0.1) is 6.92 Å². The number of para-hydroxylation sites is 1. The van der Waals surface area contributed by atoms with Crippen LogP contribution in [0.4, 0.5) is 11.4 Å². The average molecular weight is 337 g/mol. The monoisotopic (exact) mass is 337 g/mol. The van der Waals surface area contributed by atoms with Crippen LogP contribution in [0.25, 0.3) is 11.0 Å². The molecule has 0 amide bonds. The Balaban J connectivity index is 2.23. The maximum Gasteiger partial charge on any atom is 0.326 e. The molecule has 2 N–H and O–H groups in total. The summed E-state index contributed by atoms with van der Waals surface area (Å²) in [5, 5.41) is 3.64. The van der Waals surface area contributed by atoms with Crippen molar-refractivity contribution in [3.8, 4) is 0 Å². The van der Waals surface area contributed by atoms with Crippen molar-refractivity contribution in [2.45, 2.75) is 46.5 Å². The Morgan fingerprint density at radius 1 is 1.04 bits per heavy atom. The fourth-order valence-corrected chi connectivity index (χ4v) is 3.39. The summed E-state index contributed by atoms with van der Waals surface area (Å²) in [6.45, 7) is 10.9. The number of H-pyrrole nitrogens is 1. The molecule has 2 aromatic carbocycles. The quantitative estimate of drug-likeness (QED) is 0.690. The number of hydrogen-bond donors (Lipinski definition) is 2. The van der Waals surface area contributed by atoms with Crippen molar-refractivity contribution in [3.05, 3.63) is 57.5 Å². The number of aromatic nitrogens is 2. The van der Waals surface area contributed by atoms with Crippen molar-refractivity contribution in [1.82, 2.24) is 9.55 Å². The molecule has 0 saturated heterocycles. The van der Waals surface area contributed by atoms with Crippen LogP contribution in [0.2, 0.25) is 0 Å². The number of aryl methyl sites for hydroxylation is 2. The van der Waals surface area contributed by atoms with Crippen molar-refractivity contribution < 1.29 is 0 Å². The molecule has 0 aliphatic heterocycles. The number of aromatic amines is 1. The van der Waals surface area contributed by atoms with Gasteiger partial charge in [0.05, 0.1) is 16.7 Å². The number of nitrogens with zero attached hydrogens (tertiary/aromatic N) is 1. The van der Waals surface area contributed by atoms with Crippen LogP contribution in [-0.2, 0) is 7.05 Å². The van der Waals surface area contributed by atoms with Gasteiger partial charge in [0, 0.05) is 12.7 Å². The maximum atomic E-state index is 12.1. The standard InChI is InChI=1S/C21H27N3O/c1-12(2)15-8-7-9-16(13(3)4)19(15)22-17-10-14(5)11-18-20(17)23-21(25)24(18)6/h7-13,22H,1-6H3,(H,23,25). The third-order valence-corrected chi connectivity index (χ3v) is 4.79. The number of hydrogen-bond acceptors (Lipinski definition) is 2. The van der Waals surface area contributed by atoms with E-state index in [1.54, 1.807) is 11.6 Å². The van der Waals surface area contributed by atoms with Gasteiger partial charge in [-0.15, -0.1) is 0 Å². The third kappa shape index (κ3) is 3.09. The van der Waals surface area contributed by atoms with Gasteiger partial charge in [-0.1, -0.05) is 45.9 Å². The van der Waals surface area contributed by atoms with E-state index in [4.69, 9.17) is 0 Å². The molecule has 0 spiro atoms. The Labute approximate surface area is 148 Å². The summed E-state index contributed by atoms with van der Waals surface area (Å²) in [6, 6.07) is 10.6. The summed E-state index contributed by atoms with van der Waals surface area (Å²) in [7, 11) is 1.80. The van der Waals surface area contributed by atoms with E-state index in [-0.39, 0.29) is 5.69 Å². The van der Waals surface area contributed by atoms with Crippen molar-refractivity contribution in [2.75, 3.05) is 5.32 Å². The second kappa shape index (κ2) is 6.43. The van der Waals surface area contributed by atoms with Crippen LogP contribution in [-0.4, -0.2) is 9.55 Å². The highest BCUT2D eigenvalue weighted by atomic mass is 16.1. The SMILES string of the molecule is Cc1cc(Nc2c(C(C)C)cccc2C(C)C)c2[nH]c(=O)n(C)c2c1. The van der Waals surface area contributed by atoms with E-state index >= 15 is 0 Å². The molecule has 0 bridgehead atoms. The molecule has 0 radical (unpaired) electrons. The molecule has 4 nitrogen and oxygen atoms in total. The first-order valence-corrected chi connectivity index (χ1v) is 8.88. The third-order valence-electron chi connectivity index (χ3n) is 4.79. The Bertz CT molecular complexity index is 950. The molecule has 0 saturated carbocycles. The lowest BCUT2D eigenvalue weighted by Crippen LogP contribution is -2.11. The summed E-state index contributed by atoms with van der Waals surface area (Å²) in [5.41, 5.74) is 7.49. The van der Waals surface area contributed by atoms with Crippen LogP contribution >= 0.6 is 0 Å². The van der Waals surface area contributed by atoms with Crippen LogP contribution in [0.3, 0.4) is 0 Å². The highest BCUT2D eigenvalue weighted by Gasteiger charge is 2.16. The number of rotatable bonds is 4.